The van der Waals surface area contributed by atoms with Gasteiger partial charge in [-0.15, -0.1) is 11.3 Å². The number of carbonyl (C=O) groups excluding carboxylic acids is 1. The van der Waals surface area contributed by atoms with Crippen LogP contribution in [0.3, 0.4) is 0 Å². The summed E-state index contributed by atoms with van der Waals surface area (Å²) >= 11 is 4.89. The lowest BCUT2D eigenvalue weighted by Crippen LogP contribution is -2.24. The van der Waals surface area contributed by atoms with E-state index >= 15 is 0 Å². The van der Waals surface area contributed by atoms with Crippen LogP contribution in [0.25, 0.3) is 32.3 Å². The first kappa shape index (κ1) is 21.6. The first-order valence-electron chi connectivity index (χ1n) is 10.4. The van der Waals surface area contributed by atoms with Crippen LogP contribution < -0.4 is 10.3 Å². The molecule has 3 heterocycles. The number of aryl methyl sites for hydroxylation is 1. The van der Waals surface area contributed by atoms with Gasteiger partial charge < -0.3 is 9.15 Å². The van der Waals surface area contributed by atoms with E-state index in [0.29, 0.717) is 22.4 Å². The highest BCUT2D eigenvalue weighted by molar-refractivity contribution is 9.10. The van der Waals surface area contributed by atoms with Gasteiger partial charge in [-0.3, -0.25) is 14.2 Å². The summed E-state index contributed by atoms with van der Waals surface area (Å²) in [5.41, 5.74) is 2.12. The number of hydrogen-bond acceptors (Lipinski definition) is 6. The van der Waals surface area contributed by atoms with Crippen LogP contribution in [0, 0.1) is 6.92 Å². The van der Waals surface area contributed by atoms with E-state index in [1.165, 1.54) is 22.2 Å². The van der Waals surface area contributed by atoms with Crippen LogP contribution in [0.15, 0.2) is 68.5 Å². The summed E-state index contributed by atoms with van der Waals surface area (Å²) in [4.78, 5) is 32.4. The van der Waals surface area contributed by atoms with Gasteiger partial charge in [-0.1, -0.05) is 28.1 Å². The summed E-state index contributed by atoms with van der Waals surface area (Å²) in [6, 6.07) is 14.9. The lowest BCUT2D eigenvalue weighted by atomic mass is 10.0. The second-order valence-corrected chi connectivity index (χ2v) is 9.68. The molecule has 5 rings (SSSR count). The summed E-state index contributed by atoms with van der Waals surface area (Å²) in [5.74, 6) is 0.695. The molecule has 0 unspecified atom stereocenters. The molecule has 0 amide bonds. The van der Waals surface area contributed by atoms with E-state index in [2.05, 4.69) is 20.9 Å². The average molecular weight is 523 g/mol. The summed E-state index contributed by atoms with van der Waals surface area (Å²) in [7, 11) is 0. The fourth-order valence-corrected chi connectivity index (χ4v) is 5.25. The molecule has 0 saturated carbocycles. The van der Waals surface area contributed by atoms with Gasteiger partial charge in [0.1, 0.15) is 16.2 Å². The SMILES string of the molecule is CCOc1ccc(-c2c(C)sc3ncn(CC(=O)c4cc5cc(Br)ccc5o4)c(=O)c23)cc1. The largest absolute Gasteiger partial charge is 0.494 e. The molecule has 0 N–H and O–H groups in total. The first-order chi connectivity index (χ1) is 15.9. The number of aromatic nitrogens is 2. The van der Waals surface area contributed by atoms with Crippen LogP contribution in [-0.2, 0) is 6.54 Å². The van der Waals surface area contributed by atoms with Gasteiger partial charge in [0.15, 0.2) is 5.76 Å². The highest BCUT2D eigenvalue weighted by Crippen LogP contribution is 2.36. The van der Waals surface area contributed by atoms with Crippen molar-refractivity contribution in [3.05, 3.63) is 80.3 Å². The van der Waals surface area contributed by atoms with Crippen molar-refractivity contribution in [2.75, 3.05) is 6.61 Å². The Labute approximate surface area is 201 Å². The topological polar surface area (TPSA) is 74.3 Å². The maximum atomic E-state index is 13.4. The molecule has 0 atom stereocenters. The van der Waals surface area contributed by atoms with E-state index in [4.69, 9.17) is 9.15 Å². The second kappa shape index (κ2) is 8.61. The van der Waals surface area contributed by atoms with Gasteiger partial charge in [0.2, 0.25) is 5.78 Å². The monoisotopic (exact) mass is 522 g/mol. The van der Waals surface area contributed by atoms with Gasteiger partial charge in [-0.05, 0) is 55.8 Å². The van der Waals surface area contributed by atoms with E-state index < -0.39 is 0 Å². The number of nitrogens with zero attached hydrogens (tertiary/aromatic N) is 2. The third-order valence-electron chi connectivity index (χ3n) is 5.38. The molecule has 166 valence electrons. The molecule has 0 fully saturated rings. The molecule has 0 bridgehead atoms. The standard InChI is InChI=1S/C25H19BrN2O4S/c1-3-31-18-7-4-15(5-8-18)22-14(2)33-24-23(22)25(30)28(13-27-24)12-19(29)21-11-16-10-17(26)6-9-20(16)32-21/h4-11,13H,3,12H2,1-2H3. The number of carbonyl (C=O) groups is 1. The Kier molecular flexibility index (Phi) is 5.64. The smallest absolute Gasteiger partial charge is 0.263 e. The highest BCUT2D eigenvalue weighted by Gasteiger charge is 2.19. The Balaban J connectivity index is 1.52. The molecule has 2 aromatic carbocycles. The van der Waals surface area contributed by atoms with Crippen molar-refractivity contribution >= 4 is 54.2 Å². The maximum Gasteiger partial charge on any atom is 0.263 e. The van der Waals surface area contributed by atoms with Crippen molar-refractivity contribution in [3.63, 3.8) is 0 Å². The third-order valence-corrected chi connectivity index (χ3v) is 6.88. The van der Waals surface area contributed by atoms with E-state index in [-0.39, 0.29) is 23.6 Å². The molecule has 5 aromatic rings. The number of hydrogen-bond donors (Lipinski definition) is 0. The molecule has 0 aliphatic carbocycles. The summed E-state index contributed by atoms with van der Waals surface area (Å²) in [6.07, 6.45) is 1.43. The van der Waals surface area contributed by atoms with Crippen LogP contribution in [-0.4, -0.2) is 21.9 Å². The molecule has 0 aliphatic heterocycles. The number of halogens is 1. The minimum Gasteiger partial charge on any atom is -0.494 e. The number of Topliss-reactive ketones (excluding diaryl/α,β-unsaturated/α-hetero) is 1. The Morgan fingerprint density at radius 3 is 2.73 bits per heavy atom. The van der Waals surface area contributed by atoms with Gasteiger partial charge in [-0.25, -0.2) is 4.98 Å². The van der Waals surface area contributed by atoms with Crippen LogP contribution in [0.2, 0.25) is 0 Å². The van der Waals surface area contributed by atoms with Gasteiger partial charge in [0.05, 0.1) is 24.9 Å². The Bertz CT molecular complexity index is 1560. The molecule has 33 heavy (non-hydrogen) atoms. The Morgan fingerprint density at radius 2 is 1.97 bits per heavy atom. The van der Waals surface area contributed by atoms with Crippen LogP contribution >= 0.6 is 27.3 Å². The van der Waals surface area contributed by atoms with Crippen molar-refractivity contribution in [2.24, 2.45) is 0 Å². The van der Waals surface area contributed by atoms with Crippen molar-refractivity contribution < 1.29 is 13.9 Å². The minimum absolute atomic E-state index is 0.152. The van der Waals surface area contributed by atoms with Crippen LogP contribution in [0.1, 0.15) is 22.4 Å². The normalized spacial score (nSPS) is 11.4. The molecule has 6 nitrogen and oxygen atoms in total. The molecule has 0 aliphatic rings. The molecular weight excluding hydrogens is 504 g/mol. The third kappa shape index (κ3) is 4.00. The van der Waals surface area contributed by atoms with Crippen molar-refractivity contribution in [1.29, 1.82) is 0 Å². The summed E-state index contributed by atoms with van der Waals surface area (Å²) in [6.45, 7) is 4.34. The highest BCUT2D eigenvalue weighted by atomic mass is 79.9. The zero-order valence-electron chi connectivity index (χ0n) is 17.9. The predicted octanol–water partition coefficient (Wildman–Crippen LogP) is 6.22. The molecule has 3 aromatic heterocycles. The van der Waals surface area contributed by atoms with Crippen molar-refractivity contribution in [1.82, 2.24) is 9.55 Å². The first-order valence-corrected chi connectivity index (χ1v) is 12.0. The van der Waals surface area contributed by atoms with Gasteiger partial charge in [-0.2, -0.15) is 0 Å². The molecule has 8 heteroatoms. The van der Waals surface area contributed by atoms with E-state index in [1.807, 2.05) is 50.2 Å². The van der Waals surface area contributed by atoms with Crippen LogP contribution in [0.5, 0.6) is 5.75 Å². The Hall–Kier alpha value is -3.23. The number of ketones is 1. The fraction of sp³-hybridized carbons (Fsp3) is 0.160. The van der Waals surface area contributed by atoms with Gasteiger partial charge >= 0.3 is 0 Å². The quantitative estimate of drug-likeness (QED) is 0.247. The second-order valence-electron chi connectivity index (χ2n) is 7.56. The van der Waals surface area contributed by atoms with Crippen molar-refractivity contribution in [3.8, 4) is 16.9 Å². The lowest BCUT2D eigenvalue weighted by Gasteiger charge is -2.07. The molecular formula is C25H19BrN2O4S. The van der Waals surface area contributed by atoms with Crippen molar-refractivity contribution in [2.45, 2.75) is 20.4 Å². The van der Waals surface area contributed by atoms with E-state index in [1.54, 1.807) is 12.1 Å². The molecule has 0 spiro atoms. The van der Waals surface area contributed by atoms with Crippen LogP contribution in [0.4, 0.5) is 0 Å². The minimum atomic E-state index is -0.292. The fourth-order valence-electron chi connectivity index (χ4n) is 3.87. The number of thiophene rings is 1. The van der Waals surface area contributed by atoms with Gasteiger partial charge in [0, 0.05) is 20.3 Å². The number of rotatable bonds is 6. The number of fused-ring (bicyclic) bond motifs is 2. The zero-order chi connectivity index (χ0) is 23.1. The summed E-state index contributed by atoms with van der Waals surface area (Å²) < 4.78 is 13.5. The zero-order valence-corrected chi connectivity index (χ0v) is 20.3. The molecule has 0 saturated heterocycles. The molecule has 0 radical (unpaired) electrons. The lowest BCUT2D eigenvalue weighted by molar-refractivity contribution is 0.0945. The van der Waals surface area contributed by atoms with E-state index in [0.717, 1.165) is 31.6 Å². The Morgan fingerprint density at radius 1 is 1.18 bits per heavy atom. The summed E-state index contributed by atoms with van der Waals surface area (Å²) in [5, 5.41) is 1.34. The average Bonchev–Trinajstić information content (AvgIpc) is 3.37. The number of ether oxygens (including phenoxy) is 1. The number of benzene rings is 2. The maximum absolute atomic E-state index is 13.4. The predicted molar refractivity (Wildman–Crippen MR) is 133 cm³/mol. The van der Waals surface area contributed by atoms with Gasteiger partial charge in [0.25, 0.3) is 5.56 Å². The number of furan rings is 1. The van der Waals surface area contributed by atoms with E-state index in [9.17, 15) is 9.59 Å².